The predicted molar refractivity (Wildman–Crippen MR) is 120 cm³/mol. The van der Waals surface area contributed by atoms with Crippen LogP contribution < -0.4 is 10.2 Å². The van der Waals surface area contributed by atoms with Gasteiger partial charge in [0.15, 0.2) is 12.6 Å². The summed E-state index contributed by atoms with van der Waals surface area (Å²) in [7, 11) is 1.40. The summed E-state index contributed by atoms with van der Waals surface area (Å²) in [6.07, 6.45) is 1.32. The second kappa shape index (κ2) is 9.58. The van der Waals surface area contributed by atoms with E-state index in [0.29, 0.717) is 13.0 Å². The Hall–Kier alpha value is -3.44. The molecule has 1 aliphatic rings. The molecule has 1 amide bonds. The van der Waals surface area contributed by atoms with Crippen LogP contribution in [0, 0.1) is 0 Å². The highest BCUT2D eigenvalue weighted by Crippen LogP contribution is 2.19. The molecule has 0 saturated heterocycles. The number of carbonyl (C=O) groups excluding carboxylic acids is 2. The number of ether oxygens (including phenoxy) is 1. The fraction of sp³-hybridized carbons (Fsp3) is 0.231. The lowest BCUT2D eigenvalue weighted by molar-refractivity contribution is -0.924. The maximum atomic E-state index is 13.0. The third kappa shape index (κ3) is 5.01. The first kappa shape index (κ1) is 20.8. The van der Waals surface area contributed by atoms with Crippen molar-refractivity contribution in [2.75, 3.05) is 19.0 Å². The number of nitrogens with one attached hydrogen (secondary N) is 2. The molecule has 0 aliphatic carbocycles. The van der Waals surface area contributed by atoms with Gasteiger partial charge in [-0.05, 0) is 29.2 Å². The molecule has 2 atom stereocenters. The van der Waals surface area contributed by atoms with E-state index in [2.05, 4.69) is 23.5 Å². The van der Waals surface area contributed by atoms with E-state index in [-0.39, 0.29) is 24.5 Å². The average molecular weight is 416 g/mol. The van der Waals surface area contributed by atoms with Crippen molar-refractivity contribution in [1.29, 1.82) is 0 Å². The quantitative estimate of drug-likeness (QED) is 0.608. The number of anilines is 1. The monoisotopic (exact) mass is 415 g/mol. The highest BCUT2D eigenvalue weighted by Gasteiger charge is 2.37. The van der Waals surface area contributed by atoms with Gasteiger partial charge in [-0.25, -0.2) is 4.79 Å². The van der Waals surface area contributed by atoms with Crippen LogP contribution in [0.15, 0.2) is 78.9 Å². The zero-order valence-electron chi connectivity index (χ0n) is 17.6. The minimum Gasteiger partial charge on any atom is -0.465 e. The molecular formula is C26H27N2O3+. The van der Waals surface area contributed by atoms with Crippen LogP contribution >= 0.6 is 0 Å². The molecule has 0 fully saturated rings. The van der Waals surface area contributed by atoms with Gasteiger partial charge in [-0.15, -0.1) is 0 Å². The molecule has 5 heteroatoms. The largest absolute Gasteiger partial charge is 0.465 e. The Morgan fingerprint density at radius 3 is 2.39 bits per heavy atom. The predicted octanol–water partition coefficient (Wildman–Crippen LogP) is 2.40. The van der Waals surface area contributed by atoms with Crippen LogP contribution in [0.5, 0.6) is 0 Å². The molecule has 1 heterocycles. The van der Waals surface area contributed by atoms with Crippen LogP contribution in [-0.4, -0.2) is 31.6 Å². The smallest absolute Gasteiger partial charge is 0.365 e. The first-order valence-corrected chi connectivity index (χ1v) is 10.5. The molecule has 3 aromatic rings. The van der Waals surface area contributed by atoms with Crippen LogP contribution in [0.1, 0.15) is 22.3 Å². The van der Waals surface area contributed by atoms with Crippen molar-refractivity contribution in [2.45, 2.75) is 25.4 Å². The minimum absolute atomic E-state index is 0.108. The summed E-state index contributed by atoms with van der Waals surface area (Å²) in [4.78, 5) is 26.3. The number of para-hydroxylation sites is 1. The standard InChI is InChI=1S/C26H26N2O3/c1-31-26(30)24-16-20-11-5-6-13-22(20)17-28(24)18-25(29)27-23-14-8-7-12-21(23)15-19-9-3-2-4-10-19/h2-14,24H,15-18H2,1H3,(H,27,29)/p+1/t24-/m0/s1. The summed E-state index contributed by atoms with van der Waals surface area (Å²) in [6, 6.07) is 25.7. The summed E-state index contributed by atoms with van der Waals surface area (Å²) in [5.41, 5.74) is 5.38. The van der Waals surface area contributed by atoms with Gasteiger partial charge in [-0.3, -0.25) is 4.79 Å². The normalized spacial score (nSPS) is 17.5. The van der Waals surface area contributed by atoms with E-state index in [1.54, 1.807) is 0 Å². The first-order chi connectivity index (χ1) is 15.1. The molecule has 0 aromatic heterocycles. The van der Waals surface area contributed by atoms with Crippen LogP contribution in [0.25, 0.3) is 0 Å². The Kier molecular flexibility index (Phi) is 6.43. The number of methoxy groups -OCH3 is 1. The molecule has 1 unspecified atom stereocenters. The summed E-state index contributed by atoms with van der Waals surface area (Å²) < 4.78 is 5.03. The molecule has 31 heavy (non-hydrogen) atoms. The van der Waals surface area contributed by atoms with Crippen molar-refractivity contribution >= 4 is 17.6 Å². The maximum Gasteiger partial charge on any atom is 0.365 e. The zero-order chi connectivity index (χ0) is 21.6. The van der Waals surface area contributed by atoms with E-state index < -0.39 is 0 Å². The van der Waals surface area contributed by atoms with Gasteiger partial charge in [-0.2, -0.15) is 0 Å². The fourth-order valence-electron chi connectivity index (χ4n) is 4.25. The molecule has 1 aliphatic heterocycles. The molecule has 0 spiro atoms. The highest BCUT2D eigenvalue weighted by atomic mass is 16.5. The molecule has 0 bridgehead atoms. The summed E-state index contributed by atoms with van der Waals surface area (Å²) in [6.45, 7) is 0.822. The third-order valence-corrected chi connectivity index (χ3v) is 5.85. The number of hydrogen-bond donors (Lipinski definition) is 2. The average Bonchev–Trinajstić information content (AvgIpc) is 2.80. The lowest BCUT2D eigenvalue weighted by Gasteiger charge is -2.31. The van der Waals surface area contributed by atoms with Crippen molar-refractivity contribution in [3.05, 3.63) is 101 Å². The van der Waals surface area contributed by atoms with E-state index in [1.165, 1.54) is 18.2 Å². The molecule has 0 saturated carbocycles. The molecule has 5 nitrogen and oxygen atoms in total. The Morgan fingerprint density at radius 1 is 0.935 bits per heavy atom. The van der Waals surface area contributed by atoms with E-state index in [0.717, 1.165) is 28.1 Å². The van der Waals surface area contributed by atoms with Gasteiger partial charge in [0.05, 0.1) is 7.11 Å². The number of hydrogen-bond acceptors (Lipinski definition) is 3. The molecule has 0 radical (unpaired) electrons. The number of amides is 1. The number of fused-ring (bicyclic) bond motifs is 1. The van der Waals surface area contributed by atoms with Gasteiger partial charge in [0.1, 0.15) is 6.54 Å². The molecule has 4 rings (SSSR count). The van der Waals surface area contributed by atoms with Crippen LogP contribution in [-0.2, 0) is 33.7 Å². The lowest BCUT2D eigenvalue weighted by atomic mass is 9.94. The Morgan fingerprint density at radius 2 is 1.61 bits per heavy atom. The maximum absolute atomic E-state index is 13.0. The van der Waals surface area contributed by atoms with E-state index >= 15 is 0 Å². The first-order valence-electron chi connectivity index (χ1n) is 10.5. The molecule has 158 valence electrons. The number of benzene rings is 3. The van der Waals surface area contributed by atoms with E-state index in [9.17, 15) is 9.59 Å². The molecule has 3 aromatic carbocycles. The topological polar surface area (TPSA) is 59.8 Å². The van der Waals surface area contributed by atoms with Crippen LogP contribution in [0.3, 0.4) is 0 Å². The van der Waals surface area contributed by atoms with E-state index in [4.69, 9.17) is 4.74 Å². The van der Waals surface area contributed by atoms with Crippen molar-refractivity contribution in [3.8, 4) is 0 Å². The van der Waals surface area contributed by atoms with Gasteiger partial charge in [-0.1, -0.05) is 72.8 Å². The van der Waals surface area contributed by atoms with Gasteiger partial charge < -0.3 is 15.0 Å². The van der Waals surface area contributed by atoms with Crippen molar-refractivity contribution in [1.82, 2.24) is 0 Å². The molecule has 2 N–H and O–H groups in total. The summed E-state index contributed by atoms with van der Waals surface area (Å²) in [5.74, 6) is -0.384. The zero-order valence-corrected chi connectivity index (χ0v) is 17.6. The summed E-state index contributed by atoms with van der Waals surface area (Å²) >= 11 is 0. The summed E-state index contributed by atoms with van der Waals surface area (Å²) in [5, 5.41) is 3.07. The number of quaternary nitrogens is 1. The Bertz CT molecular complexity index is 1070. The number of rotatable bonds is 6. The van der Waals surface area contributed by atoms with Gasteiger partial charge in [0, 0.05) is 17.7 Å². The fourth-order valence-corrected chi connectivity index (χ4v) is 4.25. The number of esters is 1. The second-order valence-electron chi connectivity index (χ2n) is 7.93. The van der Waals surface area contributed by atoms with Crippen LogP contribution in [0.4, 0.5) is 5.69 Å². The Labute approximate surface area is 182 Å². The number of carbonyl (C=O) groups is 2. The second-order valence-corrected chi connectivity index (χ2v) is 7.93. The Balaban J connectivity index is 1.49. The molecular weight excluding hydrogens is 388 g/mol. The van der Waals surface area contributed by atoms with Gasteiger partial charge >= 0.3 is 5.97 Å². The minimum atomic E-state index is -0.384. The third-order valence-electron chi connectivity index (χ3n) is 5.85. The van der Waals surface area contributed by atoms with Crippen molar-refractivity contribution in [2.24, 2.45) is 0 Å². The van der Waals surface area contributed by atoms with Crippen molar-refractivity contribution in [3.63, 3.8) is 0 Å². The van der Waals surface area contributed by atoms with E-state index in [1.807, 2.05) is 60.7 Å². The van der Waals surface area contributed by atoms with Crippen molar-refractivity contribution < 1.29 is 19.2 Å². The lowest BCUT2D eigenvalue weighted by Crippen LogP contribution is -3.17. The SMILES string of the molecule is COC(=O)[C@@H]1Cc2ccccc2C[NH+]1CC(=O)Nc1ccccc1Cc1ccccc1. The van der Waals surface area contributed by atoms with Gasteiger partial charge in [0.2, 0.25) is 0 Å². The van der Waals surface area contributed by atoms with Gasteiger partial charge in [0.25, 0.3) is 5.91 Å². The highest BCUT2D eigenvalue weighted by molar-refractivity contribution is 5.92. The van der Waals surface area contributed by atoms with Crippen LogP contribution in [0.2, 0.25) is 0 Å².